The van der Waals surface area contributed by atoms with Crippen molar-refractivity contribution < 1.29 is 9.34 Å². The van der Waals surface area contributed by atoms with Gasteiger partial charge in [0, 0.05) is 34.7 Å². The third kappa shape index (κ3) is 4.52. The number of benzene rings is 2. The monoisotopic (exact) mass is 467 g/mol. The number of hydrogen-bond donors (Lipinski definition) is 0. The Morgan fingerprint density at radius 2 is 1.97 bits per heavy atom. The number of hydrogen-bond acceptors (Lipinski definition) is 6. The number of allylic oxidation sites excluding steroid dienone is 1. The van der Waals surface area contributed by atoms with Crippen molar-refractivity contribution in [2.24, 2.45) is 0 Å². The number of halogens is 2. The molecule has 2 aromatic heterocycles. The molecular weight excluding hydrogens is 457 g/mol. The lowest BCUT2D eigenvalue weighted by Gasteiger charge is -1.99. The first kappa shape index (κ1) is 20.8. The van der Waals surface area contributed by atoms with Crippen LogP contribution >= 0.6 is 34.5 Å². The second-order valence-electron chi connectivity index (χ2n) is 6.35. The Balaban J connectivity index is 1.62. The predicted octanol–water partition coefficient (Wildman–Crippen LogP) is 7.35. The van der Waals surface area contributed by atoms with Crippen LogP contribution in [0.4, 0.5) is 5.69 Å². The van der Waals surface area contributed by atoms with E-state index in [-0.39, 0.29) is 5.69 Å². The molecule has 0 saturated heterocycles. The SMILES string of the molecule is N#C/C(=C\c1ccc(-c2ccc(Cl)c(Cl)c2)o1)c1nc(-c2cccc([N+](=O)[O-])c2)cs1. The Bertz CT molecular complexity index is 1370. The molecule has 0 aliphatic carbocycles. The van der Waals surface area contributed by atoms with E-state index in [9.17, 15) is 15.4 Å². The molecule has 9 heteroatoms. The minimum Gasteiger partial charge on any atom is -0.457 e. The summed E-state index contributed by atoms with van der Waals surface area (Å²) >= 11 is 13.3. The Morgan fingerprint density at radius 3 is 2.71 bits per heavy atom. The number of thiazole rings is 1. The van der Waals surface area contributed by atoms with Gasteiger partial charge in [-0.25, -0.2) is 4.98 Å². The number of nitrogens with zero attached hydrogens (tertiary/aromatic N) is 3. The quantitative estimate of drug-likeness (QED) is 0.173. The second kappa shape index (κ2) is 8.74. The Kier molecular flexibility index (Phi) is 5.87. The maximum Gasteiger partial charge on any atom is 0.270 e. The fourth-order valence-electron chi connectivity index (χ4n) is 2.83. The van der Waals surface area contributed by atoms with Crippen molar-refractivity contribution in [2.45, 2.75) is 0 Å². The molecule has 0 N–H and O–H groups in total. The van der Waals surface area contributed by atoms with E-state index in [0.29, 0.717) is 43.4 Å². The van der Waals surface area contributed by atoms with Crippen LogP contribution in [0.2, 0.25) is 10.0 Å². The van der Waals surface area contributed by atoms with Gasteiger partial charge >= 0.3 is 0 Å². The zero-order valence-electron chi connectivity index (χ0n) is 15.6. The summed E-state index contributed by atoms with van der Waals surface area (Å²) in [4.78, 5) is 15.0. The topological polar surface area (TPSA) is 93.0 Å². The van der Waals surface area contributed by atoms with Crippen molar-refractivity contribution in [3.63, 3.8) is 0 Å². The minimum atomic E-state index is -0.459. The van der Waals surface area contributed by atoms with Gasteiger partial charge in [0.15, 0.2) is 0 Å². The highest BCUT2D eigenvalue weighted by Gasteiger charge is 2.13. The highest BCUT2D eigenvalue weighted by molar-refractivity contribution is 7.11. The summed E-state index contributed by atoms with van der Waals surface area (Å²) in [6.45, 7) is 0. The molecule has 4 rings (SSSR count). The zero-order valence-corrected chi connectivity index (χ0v) is 17.9. The van der Waals surface area contributed by atoms with Crippen LogP contribution in [-0.2, 0) is 0 Å². The Labute approximate surface area is 190 Å². The van der Waals surface area contributed by atoms with Crippen LogP contribution in [0.1, 0.15) is 10.8 Å². The standard InChI is InChI=1S/C22H11Cl2N3O3S/c23-18-6-4-14(10-19(18)24)21-7-5-17(30-21)9-15(11-25)22-26-20(12-31-22)13-2-1-3-16(8-13)27(28)29/h1-10,12H/b15-9+. The third-order valence-corrected chi connectivity index (χ3v) is 5.94. The maximum absolute atomic E-state index is 11.0. The average Bonchev–Trinajstić information content (AvgIpc) is 3.44. The summed E-state index contributed by atoms with van der Waals surface area (Å²) in [5.41, 5.74) is 2.22. The van der Waals surface area contributed by atoms with E-state index in [1.807, 2.05) is 0 Å². The maximum atomic E-state index is 11.0. The highest BCUT2D eigenvalue weighted by atomic mass is 35.5. The smallest absolute Gasteiger partial charge is 0.270 e. The van der Waals surface area contributed by atoms with E-state index < -0.39 is 4.92 Å². The lowest BCUT2D eigenvalue weighted by molar-refractivity contribution is -0.384. The van der Waals surface area contributed by atoms with E-state index in [2.05, 4.69) is 11.1 Å². The molecule has 0 fully saturated rings. The van der Waals surface area contributed by atoms with Gasteiger partial charge in [-0.1, -0.05) is 35.3 Å². The fraction of sp³-hybridized carbons (Fsp3) is 0. The van der Waals surface area contributed by atoms with E-state index in [1.54, 1.807) is 53.9 Å². The highest BCUT2D eigenvalue weighted by Crippen LogP contribution is 2.32. The summed E-state index contributed by atoms with van der Waals surface area (Å²) in [5, 5.41) is 23.7. The Morgan fingerprint density at radius 1 is 1.13 bits per heavy atom. The molecule has 2 aromatic carbocycles. The summed E-state index contributed by atoms with van der Waals surface area (Å²) in [5.74, 6) is 1.06. The molecule has 0 bridgehead atoms. The molecule has 0 atom stereocenters. The van der Waals surface area contributed by atoms with Crippen LogP contribution in [0.15, 0.2) is 64.4 Å². The van der Waals surface area contributed by atoms with Crippen LogP contribution in [0, 0.1) is 21.4 Å². The fourth-order valence-corrected chi connectivity index (χ4v) is 3.92. The Hall–Kier alpha value is -3.44. The van der Waals surface area contributed by atoms with Gasteiger partial charge in [0.1, 0.15) is 22.6 Å². The molecule has 0 saturated carbocycles. The van der Waals surface area contributed by atoms with E-state index in [4.69, 9.17) is 27.6 Å². The molecule has 152 valence electrons. The first-order valence-corrected chi connectivity index (χ1v) is 10.5. The molecule has 31 heavy (non-hydrogen) atoms. The van der Waals surface area contributed by atoms with Crippen LogP contribution in [0.5, 0.6) is 0 Å². The molecule has 6 nitrogen and oxygen atoms in total. The average molecular weight is 468 g/mol. The third-order valence-electron chi connectivity index (χ3n) is 4.33. The van der Waals surface area contributed by atoms with Crippen molar-refractivity contribution in [3.8, 4) is 28.7 Å². The summed E-state index contributed by atoms with van der Waals surface area (Å²) in [6, 6.07) is 17.0. The van der Waals surface area contributed by atoms with Crippen molar-refractivity contribution in [2.75, 3.05) is 0 Å². The van der Waals surface area contributed by atoms with E-state index in [0.717, 1.165) is 5.56 Å². The number of non-ortho nitro benzene ring substituents is 1. The van der Waals surface area contributed by atoms with Crippen LogP contribution < -0.4 is 0 Å². The van der Waals surface area contributed by atoms with Gasteiger partial charge in [0.05, 0.1) is 26.2 Å². The van der Waals surface area contributed by atoms with E-state index >= 15 is 0 Å². The molecule has 0 aliphatic heterocycles. The molecule has 0 amide bonds. The van der Waals surface area contributed by atoms with Crippen LogP contribution in [0.3, 0.4) is 0 Å². The van der Waals surface area contributed by atoms with Gasteiger partial charge in [0.2, 0.25) is 0 Å². The lowest BCUT2D eigenvalue weighted by Crippen LogP contribution is -1.88. The van der Waals surface area contributed by atoms with Gasteiger partial charge < -0.3 is 4.42 Å². The molecule has 0 aliphatic rings. The van der Waals surface area contributed by atoms with Gasteiger partial charge in [-0.3, -0.25) is 10.1 Å². The molecule has 2 heterocycles. The summed E-state index contributed by atoms with van der Waals surface area (Å²) in [7, 11) is 0. The van der Waals surface area contributed by atoms with Crippen LogP contribution in [-0.4, -0.2) is 9.91 Å². The predicted molar refractivity (Wildman–Crippen MR) is 122 cm³/mol. The number of nitriles is 1. The van der Waals surface area contributed by atoms with Gasteiger partial charge in [-0.05, 0) is 30.3 Å². The number of aromatic nitrogens is 1. The number of rotatable bonds is 5. The molecule has 0 unspecified atom stereocenters. The van der Waals surface area contributed by atoms with Gasteiger partial charge in [-0.15, -0.1) is 11.3 Å². The molecule has 4 aromatic rings. The first-order chi connectivity index (χ1) is 14.9. The van der Waals surface area contributed by atoms with Crippen molar-refractivity contribution in [3.05, 3.63) is 90.9 Å². The normalized spacial score (nSPS) is 11.3. The molecular formula is C22H11Cl2N3O3S. The number of nitro benzene ring substituents is 1. The van der Waals surface area contributed by atoms with Crippen molar-refractivity contribution >= 4 is 51.9 Å². The lowest BCUT2D eigenvalue weighted by atomic mass is 10.1. The van der Waals surface area contributed by atoms with Crippen molar-refractivity contribution in [1.82, 2.24) is 4.98 Å². The van der Waals surface area contributed by atoms with Crippen molar-refractivity contribution in [1.29, 1.82) is 5.26 Å². The molecule has 0 radical (unpaired) electrons. The first-order valence-electron chi connectivity index (χ1n) is 8.82. The van der Waals surface area contributed by atoms with Gasteiger partial charge in [0.25, 0.3) is 5.69 Å². The van der Waals surface area contributed by atoms with Gasteiger partial charge in [-0.2, -0.15) is 5.26 Å². The minimum absolute atomic E-state index is 0.0199. The number of furan rings is 1. The van der Waals surface area contributed by atoms with Crippen LogP contribution in [0.25, 0.3) is 34.2 Å². The largest absolute Gasteiger partial charge is 0.457 e. The number of nitro groups is 1. The second-order valence-corrected chi connectivity index (χ2v) is 8.02. The van der Waals surface area contributed by atoms with E-state index in [1.165, 1.54) is 23.5 Å². The summed E-state index contributed by atoms with van der Waals surface area (Å²) < 4.78 is 5.82. The summed E-state index contributed by atoms with van der Waals surface area (Å²) in [6.07, 6.45) is 1.59. The zero-order chi connectivity index (χ0) is 22.0. The molecule has 0 spiro atoms.